The molecule has 3 heteroatoms. The third-order valence-corrected chi connectivity index (χ3v) is 4.23. The van der Waals surface area contributed by atoms with Crippen LogP contribution in [0.4, 0.5) is 0 Å². The van der Waals surface area contributed by atoms with Gasteiger partial charge in [0.25, 0.3) is 0 Å². The zero-order valence-electron chi connectivity index (χ0n) is 11.5. The summed E-state index contributed by atoms with van der Waals surface area (Å²) in [6.45, 7) is 0.791. The van der Waals surface area contributed by atoms with Crippen molar-refractivity contribution in [2.45, 2.75) is 24.4 Å². The molecule has 20 heavy (non-hydrogen) atoms. The number of benzene rings is 2. The monoisotopic (exact) mass is 287 g/mol. The minimum Gasteiger partial charge on any atom is -0.497 e. The Morgan fingerprint density at radius 3 is 2.90 bits per heavy atom. The first-order chi connectivity index (χ1) is 9.78. The van der Waals surface area contributed by atoms with Crippen molar-refractivity contribution in [1.29, 1.82) is 0 Å². The summed E-state index contributed by atoms with van der Waals surface area (Å²) in [5.74, 6) is 0.888. The minimum atomic E-state index is 0.123. The number of ether oxygens (including phenoxy) is 1. The molecule has 0 bridgehead atoms. The van der Waals surface area contributed by atoms with Gasteiger partial charge in [0.2, 0.25) is 0 Å². The molecule has 0 aliphatic heterocycles. The largest absolute Gasteiger partial charge is 0.497 e. The molecule has 2 atom stereocenters. The number of hydrogen-bond acceptors (Lipinski definition) is 2. The van der Waals surface area contributed by atoms with Gasteiger partial charge in [-0.2, -0.15) is 0 Å². The predicted molar refractivity (Wildman–Crippen MR) is 82.4 cm³/mol. The summed E-state index contributed by atoms with van der Waals surface area (Å²) in [6.07, 6.45) is 0.938. The molecule has 0 fully saturated rings. The summed E-state index contributed by atoms with van der Waals surface area (Å²) in [7, 11) is 1.69. The maximum atomic E-state index is 6.48. The molecule has 0 saturated heterocycles. The number of hydrogen-bond donors (Lipinski definition) is 1. The van der Waals surface area contributed by atoms with Crippen LogP contribution >= 0.6 is 11.6 Å². The van der Waals surface area contributed by atoms with Gasteiger partial charge < -0.3 is 10.1 Å². The highest BCUT2D eigenvalue weighted by Gasteiger charge is 2.30. The van der Waals surface area contributed by atoms with Crippen molar-refractivity contribution in [2.75, 3.05) is 7.11 Å². The lowest BCUT2D eigenvalue weighted by Gasteiger charge is -2.17. The Labute approximate surface area is 124 Å². The second-order valence-corrected chi connectivity index (χ2v) is 5.69. The van der Waals surface area contributed by atoms with Crippen molar-refractivity contribution in [2.24, 2.45) is 0 Å². The minimum absolute atomic E-state index is 0.123. The highest BCUT2D eigenvalue weighted by Crippen LogP contribution is 2.34. The van der Waals surface area contributed by atoms with Crippen LogP contribution in [0.2, 0.25) is 0 Å². The van der Waals surface area contributed by atoms with E-state index < -0.39 is 0 Å². The molecular formula is C17H18ClNO. The highest BCUT2D eigenvalue weighted by molar-refractivity contribution is 6.21. The summed E-state index contributed by atoms with van der Waals surface area (Å²) >= 11 is 6.48. The summed E-state index contributed by atoms with van der Waals surface area (Å²) in [5.41, 5.74) is 3.89. The molecule has 0 amide bonds. The van der Waals surface area contributed by atoms with Crippen LogP contribution < -0.4 is 10.1 Å². The molecule has 0 saturated carbocycles. The van der Waals surface area contributed by atoms with Crippen molar-refractivity contribution in [3.05, 3.63) is 65.2 Å². The summed E-state index contributed by atoms with van der Waals surface area (Å²) in [4.78, 5) is 0. The van der Waals surface area contributed by atoms with Crippen LogP contribution in [0.1, 0.15) is 22.7 Å². The molecule has 2 unspecified atom stereocenters. The van der Waals surface area contributed by atoms with E-state index in [2.05, 4.69) is 41.7 Å². The predicted octanol–water partition coefficient (Wildman–Crippen LogP) is 3.69. The van der Waals surface area contributed by atoms with E-state index in [9.17, 15) is 0 Å². The van der Waals surface area contributed by atoms with Gasteiger partial charge in [0.15, 0.2) is 0 Å². The smallest absolute Gasteiger partial charge is 0.119 e. The van der Waals surface area contributed by atoms with E-state index in [-0.39, 0.29) is 11.4 Å². The number of rotatable bonds is 4. The van der Waals surface area contributed by atoms with Crippen molar-refractivity contribution in [3.63, 3.8) is 0 Å². The van der Waals surface area contributed by atoms with Crippen LogP contribution in [-0.4, -0.2) is 12.5 Å². The van der Waals surface area contributed by atoms with Gasteiger partial charge in [0.1, 0.15) is 5.75 Å². The molecular weight excluding hydrogens is 270 g/mol. The first kappa shape index (κ1) is 13.5. The van der Waals surface area contributed by atoms with Gasteiger partial charge in [0, 0.05) is 12.6 Å². The molecule has 104 valence electrons. The van der Waals surface area contributed by atoms with Gasteiger partial charge in [-0.25, -0.2) is 0 Å². The van der Waals surface area contributed by atoms with Crippen LogP contribution in [0.5, 0.6) is 5.75 Å². The summed E-state index contributed by atoms with van der Waals surface area (Å²) in [6, 6.07) is 16.8. The first-order valence-corrected chi connectivity index (χ1v) is 7.30. The number of methoxy groups -OCH3 is 1. The fraction of sp³-hybridized carbons (Fsp3) is 0.294. The Morgan fingerprint density at radius 1 is 1.20 bits per heavy atom. The Kier molecular flexibility index (Phi) is 3.95. The summed E-state index contributed by atoms with van der Waals surface area (Å²) < 4.78 is 5.25. The highest BCUT2D eigenvalue weighted by atomic mass is 35.5. The van der Waals surface area contributed by atoms with Crippen LogP contribution in [0, 0.1) is 0 Å². The van der Waals surface area contributed by atoms with Gasteiger partial charge in [-0.1, -0.05) is 36.4 Å². The average molecular weight is 288 g/mol. The van der Waals surface area contributed by atoms with E-state index in [1.807, 2.05) is 12.1 Å². The summed E-state index contributed by atoms with van der Waals surface area (Å²) in [5, 5.41) is 3.69. The quantitative estimate of drug-likeness (QED) is 0.866. The Hall–Kier alpha value is -1.51. The lowest BCUT2D eigenvalue weighted by atomic mass is 10.1. The molecule has 2 aromatic rings. The maximum absolute atomic E-state index is 6.48. The molecule has 2 nitrogen and oxygen atoms in total. The topological polar surface area (TPSA) is 21.3 Å². The van der Waals surface area contributed by atoms with Gasteiger partial charge in [-0.05, 0) is 35.2 Å². The van der Waals surface area contributed by atoms with Crippen molar-refractivity contribution in [3.8, 4) is 5.75 Å². The zero-order chi connectivity index (χ0) is 13.9. The normalized spacial score (nSPS) is 20.7. The Bertz CT molecular complexity index is 599. The molecule has 1 aliphatic carbocycles. The van der Waals surface area contributed by atoms with Crippen molar-refractivity contribution < 1.29 is 4.74 Å². The number of alkyl halides is 1. The van der Waals surface area contributed by atoms with Gasteiger partial charge in [0.05, 0.1) is 12.5 Å². The molecule has 0 aromatic heterocycles. The molecule has 1 N–H and O–H groups in total. The van der Waals surface area contributed by atoms with Crippen LogP contribution in [0.3, 0.4) is 0 Å². The molecule has 1 aliphatic rings. The van der Waals surface area contributed by atoms with Crippen LogP contribution in [0.25, 0.3) is 0 Å². The number of fused-ring (bicyclic) bond motifs is 1. The van der Waals surface area contributed by atoms with E-state index >= 15 is 0 Å². The van der Waals surface area contributed by atoms with Crippen molar-refractivity contribution in [1.82, 2.24) is 5.32 Å². The molecule has 0 spiro atoms. The fourth-order valence-corrected chi connectivity index (χ4v) is 3.19. The van der Waals surface area contributed by atoms with Crippen LogP contribution in [-0.2, 0) is 13.0 Å². The Balaban J connectivity index is 1.72. The third-order valence-electron chi connectivity index (χ3n) is 3.83. The van der Waals surface area contributed by atoms with Crippen LogP contribution in [0.15, 0.2) is 48.5 Å². The molecule has 0 radical (unpaired) electrons. The lowest BCUT2D eigenvalue weighted by Crippen LogP contribution is -2.25. The SMILES string of the molecule is COc1cccc(CNC2c3ccccc3CC2Cl)c1. The second kappa shape index (κ2) is 5.86. The Morgan fingerprint density at radius 2 is 2.05 bits per heavy atom. The van der Waals surface area contributed by atoms with Gasteiger partial charge in [-0.15, -0.1) is 11.6 Å². The number of nitrogens with one attached hydrogen (secondary N) is 1. The standard InChI is InChI=1S/C17H18ClNO/c1-20-14-7-4-5-12(9-14)11-19-17-15-8-3-2-6-13(15)10-16(17)18/h2-9,16-17,19H,10-11H2,1H3. The second-order valence-electron chi connectivity index (χ2n) is 5.13. The fourth-order valence-electron chi connectivity index (χ4n) is 2.79. The van der Waals surface area contributed by atoms with Gasteiger partial charge >= 0.3 is 0 Å². The molecule has 0 heterocycles. The first-order valence-electron chi connectivity index (χ1n) is 6.86. The molecule has 3 rings (SSSR count). The molecule has 2 aromatic carbocycles. The van der Waals surface area contributed by atoms with E-state index in [0.29, 0.717) is 0 Å². The maximum Gasteiger partial charge on any atom is 0.119 e. The lowest BCUT2D eigenvalue weighted by molar-refractivity contribution is 0.413. The van der Waals surface area contributed by atoms with Crippen molar-refractivity contribution >= 4 is 11.6 Å². The van der Waals surface area contributed by atoms with E-state index in [4.69, 9.17) is 16.3 Å². The van der Waals surface area contributed by atoms with E-state index in [1.165, 1.54) is 16.7 Å². The van der Waals surface area contributed by atoms with Gasteiger partial charge in [-0.3, -0.25) is 0 Å². The third kappa shape index (κ3) is 2.67. The van der Waals surface area contributed by atoms with E-state index in [1.54, 1.807) is 7.11 Å². The zero-order valence-corrected chi connectivity index (χ0v) is 12.2. The average Bonchev–Trinajstić information content (AvgIpc) is 2.81. The van der Waals surface area contributed by atoms with E-state index in [0.717, 1.165) is 18.7 Å². The number of halogens is 1.